The lowest BCUT2D eigenvalue weighted by atomic mass is 10.0. The lowest BCUT2D eigenvalue weighted by Crippen LogP contribution is -2.36. The Morgan fingerprint density at radius 2 is 2.28 bits per heavy atom. The molecule has 6 nitrogen and oxygen atoms in total. The monoisotopic (exact) mass is 248 g/mol. The summed E-state index contributed by atoms with van der Waals surface area (Å²) in [6.07, 6.45) is 1.40. The maximum atomic E-state index is 11.6. The van der Waals surface area contributed by atoms with Crippen molar-refractivity contribution in [3.63, 3.8) is 0 Å². The summed E-state index contributed by atoms with van der Waals surface area (Å²) in [5.74, 6) is 0.0166. The molecule has 0 radical (unpaired) electrons. The highest BCUT2D eigenvalue weighted by Gasteiger charge is 2.23. The molecular weight excluding hydrogens is 232 g/mol. The molecule has 0 amide bonds. The predicted molar refractivity (Wildman–Crippen MR) is 67.6 cm³/mol. The maximum Gasteiger partial charge on any atom is 0.328 e. The third-order valence-corrected chi connectivity index (χ3v) is 2.46. The molecule has 0 spiro atoms. The summed E-state index contributed by atoms with van der Waals surface area (Å²) in [5.41, 5.74) is 6.45. The fourth-order valence-electron chi connectivity index (χ4n) is 1.44. The van der Waals surface area contributed by atoms with Crippen molar-refractivity contribution in [1.82, 2.24) is 4.98 Å². The number of ether oxygens (including phenoxy) is 1. The van der Waals surface area contributed by atoms with Gasteiger partial charge in [0.1, 0.15) is 17.9 Å². The largest absolute Gasteiger partial charge is 0.467 e. The number of anilines is 2. The molecule has 1 aromatic rings. The fourth-order valence-corrected chi connectivity index (χ4v) is 1.44. The van der Waals surface area contributed by atoms with Gasteiger partial charge in [0.25, 0.3) is 0 Å². The molecule has 18 heavy (non-hydrogen) atoms. The smallest absolute Gasteiger partial charge is 0.328 e. The van der Waals surface area contributed by atoms with Crippen LogP contribution in [0.4, 0.5) is 11.5 Å². The number of methoxy groups -OCH3 is 1. The van der Waals surface area contributed by atoms with E-state index in [0.717, 1.165) is 0 Å². The van der Waals surface area contributed by atoms with Crippen LogP contribution in [0.2, 0.25) is 0 Å². The molecule has 0 fully saturated rings. The average molecular weight is 248 g/mol. The molecule has 0 aromatic carbocycles. The van der Waals surface area contributed by atoms with Gasteiger partial charge in [-0.25, -0.2) is 9.78 Å². The highest BCUT2D eigenvalue weighted by atomic mass is 16.5. The Hall–Kier alpha value is -2.29. The van der Waals surface area contributed by atoms with Crippen LogP contribution in [0, 0.1) is 17.2 Å². The van der Waals surface area contributed by atoms with E-state index in [9.17, 15) is 4.79 Å². The van der Waals surface area contributed by atoms with Gasteiger partial charge < -0.3 is 15.8 Å². The number of carbonyl (C=O) groups is 1. The molecule has 0 saturated heterocycles. The Morgan fingerprint density at radius 3 is 2.72 bits per heavy atom. The van der Waals surface area contributed by atoms with Gasteiger partial charge in [0.15, 0.2) is 0 Å². The van der Waals surface area contributed by atoms with Gasteiger partial charge >= 0.3 is 5.97 Å². The van der Waals surface area contributed by atoms with Crippen molar-refractivity contribution in [2.75, 3.05) is 18.2 Å². The molecule has 1 unspecified atom stereocenters. The Kier molecular flexibility index (Phi) is 4.49. The number of carbonyl (C=O) groups excluding carboxylic acids is 1. The van der Waals surface area contributed by atoms with E-state index < -0.39 is 6.04 Å². The topological polar surface area (TPSA) is 101 Å². The highest BCUT2D eigenvalue weighted by molar-refractivity contribution is 5.80. The van der Waals surface area contributed by atoms with Crippen LogP contribution in [0.1, 0.15) is 19.4 Å². The van der Waals surface area contributed by atoms with Crippen molar-refractivity contribution in [2.45, 2.75) is 19.9 Å². The molecule has 96 valence electrons. The summed E-state index contributed by atoms with van der Waals surface area (Å²) in [4.78, 5) is 15.6. The third kappa shape index (κ3) is 3.10. The lowest BCUT2D eigenvalue weighted by molar-refractivity contribution is -0.142. The number of hydrogen-bond acceptors (Lipinski definition) is 6. The van der Waals surface area contributed by atoms with E-state index in [1.807, 2.05) is 19.9 Å². The van der Waals surface area contributed by atoms with Crippen LogP contribution in [0.5, 0.6) is 0 Å². The first-order valence-corrected chi connectivity index (χ1v) is 5.49. The minimum atomic E-state index is -0.530. The zero-order valence-corrected chi connectivity index (χ0v) is 10.6. The third-order valence-electron chi connectivity index (χ3n) is 2.46. The second-order valence-electron chi connectivity index (χ2n) is 4.16. The van der Waals surface area contributed by atoms with E-state index >= 15 is 0 Å². The van der Waals surface area contributed by atoms with Crippen LogP contribution in [-0.2, 0) is 9.53 Å². The van der Waals surface area contributed by atoms with Crippen molar-refractivity contribution >= 4 is 17.5 Å². The standard InChI is InChI=1S/C12H16N4O2/c1-7(2)10(12(17)18-3)16-11-9(14)4-8(5-13)6-15-11/h4,6-7,10H,14H2,1-3H3,(H,15,16). The number of pyridine rings is 1. The first kappa shape index (κ1) is 13.8. The molecule has 6 heteroatoms. The Labute approximate surface area is 106 Å². The van der Waals surface area contributed by atoms with Crippen molar-refractivity contribution in [3.05, 3.63) is 17.8 Å². The highest BCUT2D eigenvalue weighted by Crippen LogP contribution is 2.19. The Morgan fingerprint density at radius 1 is 1.61 bits per heavy atom. The molecule has 3 N–H and O–H groups in total. The number of esters is 1. The summed E-state index contributed by atoms with van der Waals surface area (Å²) in [6.45, 7) is 3.77. The van der Waals surface area contributed by atoms with Crippen molar-refractivity contribution in [2.24, 2.45) is 5.92 Å². The molecule has 0 saturated carbocycles. The van der Waals surface area contributed by atoms with E-state index in [-0.39, 0.29) is 11.9 Å². The van der Waals surface area contributed by atoms with Gasteiger partial charge in [0.05, 0.1) is 18.4 Å². The van der Waals surface area contributed by atoms with Gasteiger partial charge in [0, 0.05) is 6.20 Å². The Balaban J connectivity index is 2.95. The minimum Gasteiger partial charge on any atom is -0.467 e. The summed E-state index contributed by atoms with van der Waals surface area (Å²) in [7, 11) is 1.33. The quantitative estimate of drug-likeness (QED) is 0.775. The van der Waals surface area contributed by atoms with Gasteiger partial charge in [-0.3, -0.25) is 0 Å². The molecule has 0 bridgehead atoms. The zero-order chi connectivity index (χ0) is 13.7. The number of nitrogens with one attached hydrogen (secondary N) is 1. The van der Waals surface area contributed by atoms with Gasteiger partial charge in [-0.2, -0.15) is 5.26 Å². The summed E-state index contributed by atoms with van der Waals surface area (Å²) in [5, 5.41) is 11.6. The summed E-state index contributed by atoms with van der Waals surface area (Å²) < 4.78 is 4.71. The van der Waals surface area contributed by atoms with Gasteiger partial charge in [-0.05, 0) is 12.0 Å². The average Bonchev–Trinajstić information content (AvgIpc) is 2.35. The van der Waals surface area contributed by atoms with Crippen molar-refractivity contribution in [3.8, 4) is 6.07 Å². The van der Waals surface area contributed by atoms with Crippen molar-refractivity contribution < 1.29 is 9.53 Å². The van der Waals surface area contributed by atoms with Crippen LogP contribution in [0.15, 0.2) is 12.3 Å². The number of nitrogen functional groups attached to an aromatic ring is 1. The number of nitrogens with two attached hydrogens (primary N) is 1. The first-order chi connectivity index (χ1) is 8.49. The van der Waals surface area contributed by atoms with Crippen LogP contribution in [-0.4, -0.2) is 24.1 Å². The van der Waals surface area contributed by atoms with E-state index in [4.69, 9.17) is 15.7 Å². The molecular formula is C12H16N4O2. The molecule has 1 aromatic heterocycles. The molecule has 1 heterocycles. The number of hydrogen-bond donors (Lipinski definition) is 2. The number of nitrogens with zero attached hydrogens (tertiary/aromatic N) is 2. The van der Waals surface area contributed by atoms with Gasteiger partial charge in [-0.1, -0.05) is 13.8 Å². The molecule has 0 aliphatic heterocycles. The van der Waals surface area contributed by atoms with E-state index in [1.165, 1.54) is 19.4 Å². The predicted octanol–water partition coefficient (Wildman–Crippen LogP) is 1.14. The number of rotatable bonds is 4. The van der Waals surface area contributed by atoms with Gasteiger partial charge in [0.2, 0.25) is 0 Å². The lowest BCUT2D eigenvalue weighted by Gasteiger charge is -2.21. The normalized spacial score (nSPS) is 11.7. The van der Waals surface area contributed by atoms with E-state index in [1.54, 1.807) is 0 Å². The zero-order valence-electron chi connectivity index (χ0n) is 10.6. The van der Waals surface area contributed by atoms with Crippen LogP contribution in [0.3, 0.4) is 0 Å². The maximum absolute atomic E-state index is 11.6. The molecule has 0 aliphatic carbocycles. The molecule has 1 rings (SSSR count). The number of nitriles is 1. The van der Waals surface area contributed by atoms with Gasteiger partial charge in [-0.15, -0.1) is 0 Å². The molecule has 0 aliphatic rings. The second-order valence-corrected chi connectivity index (χ2v) is 4.16. The minimum absolute atomic E-state index is 0.0225. The van der Waals surface area contributed by atoms with E-state index in [2.05, 4.69) is 10.3 Å². The summed E-state index contributed by atoms with van der Waals surface area (Å²) in [6, 6.07) is 2.92. The first-order valence-electron chi connectivity index (χ1n) is 5.49. The second kappa shape index (κ2) is 5.87. The van der Waals surface area contributed by atoms with Crippen LogP contribution >= 0.6 is 0 Å². The van der Waals surface area contributed by atoms with Crippen LogP contribution in [0.25, 0.3) is 0 Å². The van der Waals surface area contributed by atoms with E-state index in [0.29, 0.717) is 17.1 Å². The van der Waals surface area contributed by atoms with Crippen LogP contribution < -0.4 is 11.1 Å². The Bertz CT molecular complexity index is 479. The van der Waals surface area contributed by atoms with Crippen molar-refractivity contribution in [1.29, 1.82) is 5.26 Å². The molecule has 1 atom stereocenters. The fraction of sp³-hybridized carbons (Fsp3) is 0.417. The number of aromatic nitrogens is 1. The summed E-state index contributed by atoms with van der Waals surface area (Å²) >= 11 is 0. The SMILES string of the molecule is COC(=O)C(Nc1ncc(C#N)cc1N)C(C)C.